The van der Waals surface area contributed by atoms with E-state index < -0.39 is 0 Å². The average Bonchev–Trinajstić information content (AvgIpc) is 2.92. The van der Waals surface area contributed by atoms with E-state index in [1.54, 1.807) is 11.3 Å². The summed E-state index contributed by atoms with van der Waals surface area (Å²) in [4.78, 5) is 4.36. The molecule has 1 aromatic rings. The average molecular weight is 239 g/mol. The van der Waals surface area contributed by atoms with Crippen molar-refractivity contribution in [3.8, 4) is 0 Å². The summed E-state index contributed by atoms with van der Waals surface area (Å²) in [5, 5.41) is 6.69. The van der Waals surface area contributed by atoms with Crippen LogP contribution in [0.2, 0.25) is 0 Å². The second kappa shape index (κ2) is 4.09. The van der Waals surface area contributed by atoms with Crippen LogP contribution in [0.3, 0.4) is 0 Å². The minimum absolute atomic E-state index is 0.0749. The van der Waals surface area contributed by atoms with Crippen LogP contribution >= 0.6 is 11.3 Å². The Morgan fingerprint density at radius 1 is 1.50 bits per heavy atom. The number of nitrogens with one attached hydrogen (secondary N) is 1. The van der Waals surface area contributed by atoms with Gasteiger partial charge in [-0.25, -0.2) is 4.98 Å². The molecule has 90 valence electrons. The fourth-order valence-electron chi connectivity index (χ4n) is 1.91. The molecule has 1 heterocycles. The van der Waals surface area contributed by atoms with Crippen LogP contribution in [0.1, 0.15) is 38.6 Å². The number of aromatic nitrogens is 1. The third-order valence-electron chi connectivity index (χ3n) is 3.39. The Morgan fingerprint density at radius 2 is 2.19 bits per heavy atom. The summed E-state index contributed by atoms with van der Waals surface area (Å²) in [5.74, 6) is 0.701. The van der Waals surface area contributed by atoms with Gasteiger partial charge in [-0.1, -0.05) is 0 Å². The molecule has 3 N–H and O–H groups in total. The van der Waals surface area contributed by atoms with Gasteiger partial charge in [-0.3, -0.25) is 0 Å². The van der Waals surface area contributed by atoms with Gasteiger partial charge in [0.15, 0.2) is 0 Å². The molecule has 0 saturated heterocycles. The molecule has 0 aromatic carbocycles. The number of rotatable bonds is 5. The zero-order valence-electron chi connectivity index (χ0n) is 10.3. The molecule has 0 spiro atoms. The first-order valence-corrected chi connectivity index (χ1v) is 6.74. The van der Waals surface area contributed by atoms with Crippen LogP contribution in [0, 0.1) is 5.92 Å². The second-order valence-electron chi connectivity index (χ2n) is 5.60. The van der Waals surface area contributed by atoms with Gasteiger partial charge in [-0.2, -0.15) is 0 Å². The summed E-state index contributed by atoms with van der Waals surface area (Å²) in [5.41, 5.74) is 6.15. The largest absolute Gasteiger partial charge is 0.324 e. The first-order chi connectivity index (χ1) is 7.42. The van der Waals surface area contributed by atoms with Gasteiger partial charge in [0.2, 0.25) is 0 Å². The SMILES string of the molecule is CC(C)(NCC(C)(N)C1CC1)c1nccs1. The predicted molar refractivity (Wildman–Crippen MR) is 68.5 cm³/mol. The molecule has 1 saturated carbocycles. The summed E-state index contributed by atoms with van der Waals surface area (Å²) in [7, 11) is 0. The zero-order valence-corrected chi connectivity index (χ0v) is 11.1. The van der Waals surface area contributed by atoms with Crippen LogP contribution in [0.4, 0.5) is 0 Å². The molecular formula is C12H21N3S. The number of thiazole rings is 1. The summed E-state index contributed by atoms with van der Waals surface area (Å²) >= 11 is 1.69. The Labute approximate surface area is 101 Å². The Balaban J connectivity index is 1.94. The lowest BCUT2D eigenvalue weighted by Crippen LogP contribution is -2.52. The van der Waals surface area contributed by atoms with Gasteiger partial charge in [0.1, 0.15) is 5.01 Å². The maximum absolute atomic E-state index is 6.30. The Kier molecular flexibility index (Phi) is 3.07. The number of nitrogens with two attached hydrogens (primary N) is 1. The summed E-state index contributed by atoms with van der Waals surface area (Å²) in [6.45, 7) is 7.32. The van der Waals surface area contributed by atoms with Crippen LogP contribution in [0.5, 0.6) is 0 Å². The smallest absolute Gasteiger partial charge is 0.112 e. The molecule has 0 amide bonds. The number of nitrogens with zero attached hydrogens (tertiary/aromatic N) is 1. The van der Waals surface area contributed by atoms with E-state index in [2.05, 4.69) is 31.1 Å². The van der Waals surface area contributed by atoms with Crippen molar-refractivity contribution in [1.29, 1.82) is 0 Å². The molecule has 16 heavy (non-hydrogen) atoms. The topological polar surface area (TPSA) is 50.9 Å². The Hall–Kier alpha value is -0.450. The highest BCUT2D eigenvalue weighted by Gasteiger charge is 2.39. The minimum Gasteiger partial charge on any atom is -0.324 e. The van der Waals surface area contributed by atoms with Crippen LogP contribution in [0.25, 0.3) is 0 Å². The van der Waals surface area contributed by atoms with Crippen molar-refractivity contribution in [2.45, 2.75) is 44.7 Å². The van der Waals surface area contributed by atoms with Gasteiger partial charge in [0, 0.05) is 23.7 Å². The van der Waals surface area contributed by atoms with Gasteiger partial charge >= 0.3 is 0 Å². The maximum Gasteiger partial charge on any atom is 0.112 e. The Bertz CT molecular complexity index is 339. The fourth-order valence-corrected chi connectivity index (χ4v) is 2.65. The van der Waals surface area contributed by atoms with E-state index in [1.165, 1.54) is 12.8 Å². The van der Waals surface area contributed by atoms with Crippen LogP contribution < -0.4 is 11.1 Å². The molecule has 0 radical (unpaired) electrons. The fraction of sp³-hybridized carbons (Fsp3) is 0.750. The van der Waals surface area contributed by atoms with Crippen molar-refractivity contribution in [3.63, 3.8) is 0 Å². The lowest BCUT2D eigenvalue weighted by Gasteiger charge is -2.31. The van der Waals surface area contributed by atoms with Gasteiger partial charge in [-0.15, -0.1) is 11.3 Å². The van der Waals surface area contributed by atoms with Crippen molar-refractivity contribution in [2.24, 2.45) is 11.7 Å². The minimum atomic E-state index is -0.0797. The number of hydrogen-bond donors (Lipinski definition) is 2. The molecule has 1 unspecified atom stereocenters. The summed E-state index contributed by atoms with van der Waals surface area (Å²) in [6.07, 6.45) is 4.42. The van der Waals surface area contributed by atoms with Crippen LogP contribution in [-0.4, -0.2) is 17.1 Å². The molecule has 3 nitrogen and oxygen atoms in total. The van der Waals surface area contributed by atoms with Crippen molar-refractivity contribution in [1.82, 2.24) is 10.3 Å². The van der Waals surface area contributed by atoms with E-state index in [9.17, 15) is 0 Å². The van der Waals surface area contributed by atoms with Crippen molar-refractivity contribution in [2.75, 3.05) is 6.54 Å². The quantitative estimate of drug-likeness (QED) is 0.827. The first kappa shape index (κ1) is 12.0. The normalized spacial score (nSPS) is 20.8. The van der Waals surface area contributed by atoms with E-state index in [4.69, 9.17) is 5.73 Å². The van der Waals surface area contributed by atoms with Crippen molar-refractivity contribution in [3.05, 3.63) is 16.6 Å². The van der Waals surface area contributed by atoms with Gasteiger partial charge in [0.25, 0.3) is 0 Å². The molecule has 0 bridgehead atoms. The summed E-state index contributed by atoms with van der Waals surface area (Å²) in [6, 6.07) is 0. The van der Waals surface area contributed by atoms with Gasteiger partial charge in [0.05, 0.1) is 5.54 Å². The monoisotopic (exact) mass is 239 g/mol. The predicted octanol–water partition coefficient (Wildman–Crippen LogP) is 2.10. The molecule has 0 aliphatic heterocycles. The van der Waals surface area contributed by atoms with E-state index in [1.807, 2.05) is 11.6 Å². The molecule has 1 atom stereocenters. The molecule has 1 fully saturated rings. The van der Waals surface area contributed by atoms with E-state index in [0.29, 0.717) is 5.92 Å². The zero-order chi connectivity index (χ0) is 11.8. The molecule has 1 aliphatic rings. The molecule has 2 rings (SSSR count). The van der Waals surface area contributed by atoms with Crippen molar-refractivity contribution >= 4 is 11.3 Å². The van der Waals surface area contributed by atoms with E-state index >= 15 is 0 Å². The Morgan fingerprint density at radius 3 is 2.69 bits per heavy atom. The van der Waals surface area contributed by atoms with Crippen LogP contribution in [0.15, 0.2) is 11.6 Å². The standard InChI is InChI=1S/C12H21N3S/c1-11(2,10-14-6-7-16-10)15-8-12(3,13)9-4-5-9/h6-7,9,15H,4-5,8,13H2,1-3H3. The van der Waals surface area contributed by atoms with E-state index in [0.717, 1.165) is 11.6 Å². The van der Waals surface area contributed by atoms with Crippen molar-refractivity contribution < 1.29 is 0 Å². The van der Waals surface area contributed by atoms with Gasteiger partial charge < -0.3 is 11.1 Å². The third kappa shape index (κ3) is 2.62. The molecule has 4 heteroatoms. The molecular weight excluding hydrogens is 218 g/mol. The van der Waals surface area contributed by atoms with Gasteiger partial charge in [-0.05, 0) is 39.5 Å². The maximum atomic E-state index is 6.30. The lowest BCUT2D eigenvalue weighted by atomic mass is 9.95. The molecule has 1 aromatic heterocycles. The lowest BCUT2D eigenvalue weighted by molar-refractivity contribution is 0.309. The van der Waals surface area contributed by atoms with Crippen LogP contribution in [-0.2, 0) is 5.54 Å². The number of hydrogen-bond acceptors (Lipinski definition) is 4. The second-order valence-corrected chi connectivity index (χ2v) is 6.49. The summed E-state index contributed by atoms with van der Waals surface area (Å²) < 4.78 is 0. The molecule has 1 aliphatic carbocycles. The third-order valence-corrected chi connectivity index (χ3v) is 4.48. The highest BCUT2D eigenvalue weighted by atomic mass is 32.1. The highest BCUT2D eigenvalue weighted by molar-refractivity contribution is 7.09. The van der Waals surface area contributed by atoms with E-state index in [-0.39, 0.29) is 11.1 Å². The highest BCUT2D eigenvalue weighted by Crippen LogP contribution is 2.38. The first-order valence-electron chi connectivity index (χ1n) is 5.86.